The van der Waals surface area contributed by atoms with Gasteiger partial charge < -0.3 is 0 Å². The molecule has 21 heavy (non-hydrogen) atoms. The topological polar surface area (TPSA) is 17.1 Å². The van der Waals surface area contributed by atoms with Gasteiger partial charge in [0.15, 0.2) is 5.78 Å². The average Bonchev–Trinajstić information content (AvgIpc) is 2.45. The van der Waals surface area contributed by atoms with Crippen molar-refractivity contribution in [2.24, 2.45) is 23.2 Å². The predicted molar refractivity (Wildman–Crippen MR) is 85.5 cm³/mol. The Labute approximate surface area is 128 Å². The molecule has 0 unspecified atom stereocenters. The summed E-state index contributed by atoms with van der Waals surface area (Å²) >= 11 is 0. The van der Waals surface area contributed by atoms with Gasteiger partial charge in [0.05, 0.1) is 0 Å². The number of Topliss-reactive ketones (excluding diaryl/α,β-unsaturated/α-hetero) is 1. The Kier molecular flexibility index (Phi) is 3.03. The van der Waals surface area contributed by atoms with Crippen LogP contribution in [0.25, 0.3) is 0 Å². The number of ketones is 1. The molecule has 0 N–H and O–H groups in total. The van der Waals surface area contributed by atoms with Crippen LogP contribution in [0.3, 0.4) is 0 Å². The summed E-state index contributed by atoms with van der Waals surface area (Å²) in [6.45, 7) is 4.41. The van der Waals surface area contributed by atoms with Gasteiger partial charge in [0.1, 0.15) is 0 Å². The molecule has 0 heterocycles. The van der Waals surface area contributed by atoms with Gasteiger partial charge in [-0.15, -0.1) is 0 Å². The van der Waals surface area contributed by atoms with Gasteiger partial charge in [-0.25, -0.2) is 0 Å². The van der Waals surface area contributed by atoms with Crippen LogP contribution in [0.4, 0.5) is 0 Å². The SMILES string of the molecule is CC(C)c1cccc(C(=O)C23CC4CC(CC(C4)C2)C3)c1. The zero-order valence-electron chi connectivity index (χ0n) is 13.3. The van der Waals surface area contributed by atoms with Crippen LogP contribution in [0.15, 0.2) is 24.3 Å². The third-order valence-corrected chi connectivity index (χ3v) is 6.34. The van der Waals surface area contributed by atoms with Crippen LogP contribution in [0, 0.1) is 23.2 Å². The molecule has 4 aliphatic carbocycles. The van der Waals surface area contributed by atoms with Crippen LogP contribution in [0.5, 0.6) is 0 Å². The van der Waals surface area contributed by atoms with Gasteiger partial charge in [0.2, 0.25) is 0 Å². The number of rotatable bonds is 3. The zero-order chi connectivity index (χ0) is 14.6. The van der Waals surface area contributed by atoms with E-state index in [1.807, 2.05) is 6.07 Å². The molecule has 1 heteroatoms. The summed E-state index contributed by atoms with van der Waals surface area (Å²) in [7, 11) is 0. The van der Waals surface area contributed by atoms with Crippen molar-refractivity contribution in [3.63, 3.8) is 0 Å². The van der Waals surface area contributed by atoms with Gasteiger partial charge in [-0.2, -0.15) is 0 Å². The molecule has 5 rings (SSSR count). The van der Waals surface area contributed by atoms with Gasteiger partial charge >= 0.3 is 0 Å². The summed E-state index contributed by atoms with van der Waals surface area (Å²) in [5.41, 5.74) is 2.28. The number of carbonyl (C=O) groups is 1. The Bertz CT molecular complexity index is 534. The first-order chi connectivity index (χ1) is 10.1. The first-order valence-electron chi connectivity index (χ1n) is 8.70. The Morgan fingerprint density at radius 2 is 1.62 bits per heavy atom. The summed E-state index contributed by atoms with van der Waals surface area (Å²) in [4.78, 5) is 13.3. The fraction of sp³-hybridized carbons (Fsp3) is 0.650. The van der Waals surface area contributed by atoms with Crippen molar-refractivity contribution in [3.8, 4) is 0 Å². The number of benzene rings is 1. The minimum absolute atomic E-state index is 0.00432. The maximum Gasteiger partial charge on any atom is 0.169 e. The predicted octanol–water partition coefficient (Wildman–Crippen LogP) is 5.21. The van der Waals surface area contributed by atoms with Gasteiger partial charge in [-0.3, -0.25) is 4.79 Å². The summed E-state index contributed by atoms with van der Waals surface area (Å²) < 4.78 is 0. The molecule has 0 amide bonds. The highest BCUT2D eigenvalue weighted by atomic mass is 16.1. The molecule has 0 spiro atoms. The average molecular weight is 282 g/mol. The first-order valence-corrected chi connectivity index (χ1v) is 8.70. The Morgan fingerprint density at radius 3 is 2.14 bits per heavy atom. The van der Waals surface area contributed by atoms with Crippen LogP contribution in [-0.2, 0) is 0 Å². The smallest absolute Gasteiger partial charge is 0.169 e. The summed E-state index contributed by atoms with van der Waals surface area (Å²) in [5, 5.41) is 0. The molecule has 0 atom stereocenters. The van der Waals surface area contributed by atoms with Crippen LogP contribution in [0.1, 0.15) is 74.2 Å². The van der Waals surface area contributed by atoms with E-state index in [9.17, 15) is 4.79 Å². The molecule has 0 aromatic heterocycles. The van der Waals surface area contributed by atoms with E-state index in [-0.39, 0.29) is 5.41 Å². The minimum Gasteiger partial charge on any atom is -0.294 e. The molecule has 1 aromatic rings. The van der Waals surface area contributed by atoms with E-state index in [0.717, 1.165) is 23.3 Å². The fourth-order valence-electron chi connectivity index (χ4n) is 5.73. The van der Waals surface area contributed by atoms with Crippen molar-refractivity contribution in [1.29, 1.82) is 0 Å². The summed E-state index contributed by atoms with van der Waals surface area (Å²) in [6, 6.07) is 8.43. The molecule has 0 aliphatic heterocycles. The van der Waals surface area contributed by atoms with Gasteiger partial charge in [-0.1, -0.05) is 32.0 Å². The third-order valence-electron chi connectivity index (χ3n) is 6.34. The molecule has 1 nitrogen and oxygen atoms in total. The maximum absolute atomic E-state index is 13.3. The number of hydrogen-bond acceptors (Lipinski definition) is 1. The number of carbonyl (C=O) groups excluding carboxylic acids is 1. The van der Waals surface area contributed by atoms with Crippen molar-refractivity contribution >= 4 is 5.78 Å². The molecule has 4 aliphatic rings. The second-order valence-corrected chi connectivity index (χ2v) is 8.31. The van der Waals surface area contributed by atoms with Crippen LogP contribution >= 0.6 is 0 Å². The quantitative estimate of drug-likeness (QED) is 0.696. The van der Waals surface area contributed by atoms with E-state index in [2.05, 4.69) is 32.0 Å². The first kappa shape index (κ1) is 13.5. The van der Waals surface area contributed by atoms with E-state index in [0.29, 0.717) is 11.7 Å². The van der Waals surface area contributed by atoms with E-state index in [1.165, 1.54) is 44.1 Å². The maximum atomic E-state index is 13.3. The van der Waals surface area contributed by atoms with Crippen molar-refractivity contribution in [3.05, 3.63) is 35.4 Å². The molecule has 4 bridgehead atoms. The van der Waals surface area contributed by atoms with Crippen molar-refractivity contribution in [2.75, 3.05) is 0 Å². The molecule has 112 valence electrons. The third kappa shape index (κ3) is 2.17. The highest BCUT2D eigenvalue weighted by molar-refractivity contribution is 6.01. The molecule has 0 radical (unpaired) electrons. The van der Waals surface area contributed by atoms with E-state index in [1.54, 1.807) is 0 Å². The van der Waals surface area contributed by atoms with E-state index >= 15 is 0 Å². The van der Waals surface area contributed by atoms with Gasteiger partial charge in [0, 0.05) is 11.0 Å². The highest BCUT2D eigenvalue weighted by Crippen LogP contribution is 2.60. The minimum atomic E-state index is 0.00432. The fourth-order valence-corrected chi connectivity index (χ4v) is 5.73. The monoisotopic (exact) mass is 282 g/mol. The van der Waals surface area contributed by atoms with Crippen LogP contribution < -0.4 is 0 Å². The second kappa shape index (κ2) is 4.69. The highest BCUT2D eigenvalue weighted by Gasteiger charge is 2.54. The zero-order valence-corrected chi connectivity index (χ0v) is 13.3. The molecule has 4 fully saturated rings. The summed E-state index contributed by atoms with van der Waals surface area (Å²) in [6.07, 6.45) is 7.72. The lowest BCUT2D eigenvalue weighted by Gasteiger charge is -2.56. The second-order valence-electron chi connectivity index (χ2n) is 8.31. The lowest BCUT2D eigenvalue weighted by molar-refractivity contribution is -0.0353. The van der Waals surface area contributed by atoms with Crippen LogP contribution in [-0.4, -0.2) is 5.78 Å². The van der Waals surface area contributed by atoms with E-state index in [4.69, 9.17) is 0 Å². The lowest BCUT2D eigenvalue weighted by atomic mass is 9.48. The van der Waals surface area contributed by atoms with Crippen molar-refractivity contribution < 1.29 is 4.79 Å². The largest absolute Gasteiger partial charge is 0.294 e. The molecule has 0 saturated heterocycles. The molecule has 4 saturated carbocycles. The Balaban J connectivity index is 1.67. The normalized spacial score (nSPS) is 37.2. The summed E-state index contributed by atoms with van der Waals surface area (Å²) in [5.74, 6) is 3.48. The van der Waals surface area contributed by atoms with Gasteiger partial charge in [-0.05, 0) is 73.8 Å². The molecule has 1 aromatic carbocycles. The van der Waals surface area contributed by atoms with Crippen LogP contribution in [0.2, 0.25) is 0 Å². The van der Waals surface area contributed by atoms with Gasteiger partial charge in [0.25, 0.3) is 0 Å². The number of hydrogen-bond donors (Lipinski definition) is 0. The van der Waals surface area contributed by atoms with E-state index < -0.39 is 0 Å². The molecular formula is C20H26O. The Hall–Kier alpha value is -1.11. The Morgan fingerprint density at radius 1 is 1.05 bits per heavy atom. The molecular weight excluding hydrogens is 256 g/mol. The van der Waals surface area contributed by atoms with Crippen molar-refractivity contribution in [2.45, 2.75) is 58.3 Å². The lowest BCUT2D eigenvalue weighted by Crippen LogP contribution is -2.50. The standard InChI is InChI=1S/C20H26O/c1-13(2)17-4-3-5-18(9-17)19(21)20-10-14-6-15(11-20)8-16(7-14)12-20/h3-5,9,13-16H,6-8,10-12H2,1-2H3. The van der Waals surface area contributed by atoms with Crippen molar-refractivity contribution in [1.82, 2.24) is 0 Å².